The van der Waals surface area contributed by atoms with E-state index in [0.717, 1.165) is 24.5 Å². The Kier molecular flexibility index (Phi) is 8.93. The smallest absolute Gasteiger partial charge is 0.410 e. The summed E-state index contributed by atoms with van der Waals surface area (Å²) in [5, 5.41) is 3.21. The third-order valence-electron chi connectivity index (χ3n) is 7.30. The molecular weight excluding hydrogens is 476 g/mol. The highest BCUT2D eigenvalue weighted by atomic mass is 16.6. The molecule has 1 saturated heterocycles. The van der Waals surface area contributed by atoms with Crippen LogP contribution in [0.4, 0.5) is 16.3 Å². The van der Waals surface area contributed by atoms with Gasteiger partial charge in [0.2, 0.25) is 5.78 Å². The van der Waals surface area contributed by atoms with Gasteiger partial charge in [0, 0.05) is 25.7 Å². The minimum Gasteiger partial charge on any atom is -0.444 e. The second-order valence-corrected chi connectivity index (χ2v) is 11.3. The van der Waals surface area contributed by atoms with E-state index in [9.17, 15) is 9.59 Å². The van der Waals surface area contributed by atoms with Crippen LogP contribution < -0.4 is 10.2 Å². The van der Waals surface area contributed by atoms with Crippen molar-refractivity contribution in [3.8, 4) is 11.8 Å². The summed E-state index contributed by atoms with van der Waals surface area (Å²) in [5.41, 5.74) is 2.32. The molecule has 0 radical (unpaired) electrons. The maximum atomic E-state index is 12.5. The Hall–Kier alpha value is -3.53. The molecule has 1 aromatic carbocycles. The van der Waals surface area contributed by atoms with Crippen molar-refractivity contribution in [2.24, 2.45) is 0 Å². The van der Waals surface area contributed by atoms with Crippen molar-refractivity contribution in [3.63, 3.8) is 0 Å². The number of anilines is 2. The van der Waals surface area contributed by atoms with Crippen LogP contribution in [0.3, 0.4) is 0 Å². The molecule has 0 spiro atoms. The monoisotopic (exact) mass is 516 g/mol. The Morgan fingerprint density at radius 1 is 1.08 bits per heavy atom. The number of amides is 1. The Bertz CT molecular complexity index is 1150. The molecule has 7 nitrogen and oxygen atoms in total. The number of likely N-dealkylation sites (N-methyl/N-ethyl adjacent to an activating group) is 1. The van der Waals surface area contributed by atoms with Crippen LogP contribution in [0.1, 0.15) is 81.1 Å². The summed E-state index contributed by atoms with van der Waals surface area (Å²) in [6.07, 6.45) is 8.77. The van der Waals surface area contributed by atoms with Crippen LogP contribution in [0, 0.1) is 11.8 Å². The Morgan fingerprint density at radius 2 is 1.82 bits per heavy atom. The molecule has 0 bridgehead atoms. The van der Waals surface area contributed by atoms with Crippen LogP contribution in [0.15, 0.2) is 42.6 Å². The number of hydrogen-bond acceptors (Lipinski definition) is 6. The van der Waals surface area contributed by atoms with Gasteiger partial charge in [0.15, 0.2) is 0 Å². The molecule has 7 heteroatoms. The third kappa shape index (κ3) is 7.50. The van der Waals surface area contributed by atoms with E-state index in [0.29, 0.717) is 24.6 Å². The number of nitrogens with one attached hydrogen (secondary N) is 1. The van der Waals surface area contributed by atoms with Gasteiger partial charge >= 0.3 is 6.09 Å². The van der Waals surface area contributed by atoms with Gasteiger partial charge in [-0.3, -0.25) is 4.79 Å². The normalized spacial score (nSPS) is 17.9. The predicted molar refractivity (Wildman–Crippen MR) is 152 cm³/mol. The van der Waals surface area contributed by atoms with Gasteiger partial charge in [-0.05, 0) is 69.6 Å². The number of aromatic nitrogens is 1. The van der Waals surface area contributed by atoms with Gasteiger partial charge < -0.3 is 19.9 Å². The van der Waals surface area contributed by atoms with E-state index in [4.69, 9.17) is 4.74 Å². The molecular formula is C31H40N4O3. The standard InChI is InChI=1S/C31H40N4O3/c1-31(2,3)38-30(37)34(4)27-18-20-35(22-27)29-17-16-26(21-33-29)32-19-8-11-28(36)25-14-12-24(13-15-25)23-9-6-5-7-10-23/h12-17,21,23,27,32H,5-7,9-10,18-20,22H2,1-4H3. The molecule has 1 aromatic heterocycles. The minimum absolute atomic E-state index is 0.0840. The lowest BCUT2D eigenvalue weighted by Gasteiger charge is -2.28. The molecule has 1 amide bonds. The fourth-order valence-corrected chi connectivity index (χ4v) is 5.11. The summed E-state index contributed by atoms with van der Waals surface area (Å²) in [7, 11) is 1.79. The highest BCUT2D eigenvalue weighted by Crippen LogP contribution is 2.32. The average molecular weight is 517 g/mol. The molecule has 1 saturated carbocycles. The third-order valence-corrected chi connectivity index (χ3v) is 7.30. The molecule has 1 unspecified atom stereocenters. The Labute approximate surface area is 227 Å². The van der Waals surface area contributed by atoms with Gasteiger partial charge in [0.25, 0.3) is 0 Å². The van der Waals surface area contributed by atoms with Gasteiger partial charge in [-0.2, -0.15) is 0 Å². The summed E-state index contributed by atoms with van der Waals surface area (Å²) in [6.45, 7) is 7.52. The Balaban J connectivity index is 1.23. The second kappa shape index (κ2) is 12.3. The lowest BCUT2D eigenvalue weighted by atomic mass is 9.84. The number of ketones is 1. The van der Waals surface area contributed by atoms with Crippen molar-refractivity contribution < 1.29 is 14.3 Å². The van der Waals surface area contributed by atoms with Crippen LogP contribution in [0.25, 0.3) is 0 Å². The number of ether oxygens (including phenoxy) is 1. The van der Waals surface area contributed by atoms with Crippen molar-refractivity contribution in [3.05, 3.63) is 53.7 Å². The largest absolute Gasteiger partial charge is 0.444 e. The van der Waals surface area contributed by atoms with E-state index in [1.54, 1.807) is 18.1 Å². The van der Waals surface area contributed by atoms with Gasteiger partial charge in [-0.1, -0.05) is 49.4 Å². The highest BCUT2D eigenvalue weighted by Gasteiger charge is 2.31. The van der Waals surface area contributed by atoms with Crippen molar-refractivity contribution in [1.29, 1.82) is 0 Å². The molecule has 38 heavy (non-hydrogen) atoms. The quantitative estimate of drug-likeness (QED) is 0.294. The second-order valence-electron chi connectivity index (χ2n) is 11.3. The maximum Gasteiger partial charge on any atom is 0.410 e. The van der Waals surface area contributed by atoms with E-state index in [1.807, 2.05) is 45.0 Å². The molecule has 202 valence electrons. The van der Waals surface area contributed by atoms with E-state index < -0.39 is 5.60 Å². The minimum atomic E-state index is -0.508. The molecule has 1 N–H and O–H groups in total. The number of pyridine rings is 1. The van der Waals surface area contributed by atoms with E-state index >= 15 is 0 Å². The molecule has 2 aliphatic rings. The SMILES string of the molecule is CN(C(=O)OC(C)(C)C)C1CCN(c2ccc(NCC#CC(=O)c3ccc(C4CCCCC4)cc3)cn2)C1. The van der Waals surface area contributed by atoms with Gasteiger partial charge in [0.05, 0.1) is 24.5 Å². The molecule has 2 aromatic rings. The fraction of sp³-hybridized carbons (Fsp3) is 0.516. The lowest BCUT2D eigenvalue weighted by Crippen LogP contribution is -2.42. The van der Waals surface area contributed by atoms with Crippen molar-refractivity contribution in [1.82, 2.24) is 9.88 Å². The first-order valence-corrected chi connectivity index (χ1v) is 13.7. The number of Topliss-reactive ketones (excluding diaryl/α,β-unsaturated/α-hetero) is 1. The van der Waals surface area contributed by atoms with Gasteiger partial charge in [-0.15, -0.1) is 0 Å². The molecule has 2 heterocycles. The van der Waals surface area contributed by atoms with Crippen LogP contribution in [0.5, 0.6) is 0 Å². The van der Waals surface area contributed by atoms with E-state index in [-0.39, 0.29) is 17.9 Å². The van der Waals surface area contributed by atoms with Crippen LogP contribution in [-0.2, 0) is 4.74 Å². The highest BCUT2D eigenvalue weighted by molar-refractivity contribution is 6.09. The lowest BCUT2D eigenvalue weighted by molar-refractivity contribution is 0.0237. The topological polar surface area (TPSA) is 74.8 Å². The van der Waals surface area contributed by atoms with Gasteiger partial charge in [-0.25, -0.2) is 9.78 Å². The summed E-state index contributed by atoms with van der Waals surface area (Å²) in [6, 6.07) is 12.0. The zero-order valence-electron chi connectivity index (χ0n) is 23.1. The zero-order valence-corrected chi connectivity index (χ0v) is 23.1. The molecule has 2 fully saturated rings. The predicted octanol–water partition coefficient (Wildman–Crippen LogP) is 5.87. The summed E-state index contributed by atoms with van der Waals surface area (Å²) >= 11 is 0. The molecule has 4 rings (SSSR count). The van der Waals surface area contributed by atoms with Crippen LogP contribution in [-0.4, -0.2) is 60.1 Å². The van der Waals surface area contributed by atoms with Gasteiger partial charge in [0.1, 0.15) is 11.4 Å². The number of carbonyl (C=O) groups excluding carboxylic acids is 2. The first kappa shape index (κ1) is 27.5. The number of nitrogens with zero attached hydrogens (tertiary/aromatic N) is 3. The fourth-order valence-electron chi connectivity index (χ4n) is 5.11. The zero-order chi connectivity index (χ0) is 27.1. The van der Waals surface area contributed by atoms with E-state index in [2.05, 4.69) is 39.2 Å². The number of carbonyl (C=O) groups is 2. The molecule has 1 aliphatic carbocycles. The van der Waals surface area contributed by atoms with Crippen molar-refractivity contribution in [2.75, 3.05) is 36.9 Å². The average Bonchev–Trinajstić information content (AvgIpc) is 3.41. The number of benzene rings is 1. The Morgan fingerprint density at radius 3 is 2.47 bits per heavy atom. The first-order chi connectivity index (χ1) is 18.2. The molecule has 1 aliphatic heterocycles. The summed E-state index contributed by atoms with van der Waals surface area (Å²) < 4.78 is 5.50. The van der Waals surface area contributed by atoms with Crippen molar-refractivity contribution >= 4 is 23.4 Å². The van der Waals surface area contributed by atoms with E-state index in [1.165, 1.54) is 37.7 Å². The summed E-state index contributed by atoms with van der Waals surface area (Å²) in [5.74, 6) is 7.01. The maximum absolute atomic E-state index is 12.5. The van der Waals surface area contributed by atoms with Crippen molar-refractivity contribution in [2.45, 2.75) is 76.9 Å². The van der Waals surface area contributed by atoms with Crippen LogP contribution >= 0.6 is 0 Å². The number of rotatable bonds is 6. The first-order valence-electron chi connectivity index (χ1n) is 13.7. The number of hydrogen-bond donors (Lipinski definition) is 1. The summed E-state index contributed by atoms with van der Waals surface area (Å²) in [4.78, 5) is 33.3. The molecule has 1 atom stereocenters. The van der Waals surface area contributed by atoms with Crippen LogP contribution in [0.2, 0.25) is 0 Å².